The van der Waals surface area contributed by atoms with E-state index in [4.69, 9.17) is 4.74 Å². The predicted octanol–water partition coefficient (Wildman–Crippen LogP) is 1.92. The monoisotopic (exact) mass is 382 g/mol. The molecule has 2 amide bonds. The average Bonchev–Trinajstić information content (AvgIpc) is 2.74. The Kier molecular flexibility index (Phi) is 6.21. The average molecular weight is 382 g/mol. The lowest BCUT2D eigenvalue weighted by molar-refractivity contribution is -0.119. The second-order valence-corrected chi connectivity index (χ2v) is 6.26. The molecule has 1 N–H and O–H groups in total. The molecule has 2 heterocycles. The van der Waals surface area contributed by atoms with Gasteiger partial charge in [-0.05, 0) is 31.2 Å². The largest absolute Gasteiger partial charge is 0.462 e. The molecular weight excluding hydrogens is 360 g/mol. The van der Waals surface area contributed by atoms with Crippen LogP contribution in [0.3, 0.4) is 0 Å². The van der Waals surface area contributed by atoms with Crippen LogP contribution in [0.1, 0.15) is 27.6 Å². The van der Waals surface area contributed by atoms with Gasteiger partial charge in [0.15, 0.2) is 0 Å². The number of amides is 2. The van der Waals surface area contributed by atoms with E-state index in [1.54, 1.807) is 47.1 Å². The Bertz CT molecular complexity index is 846. The normalized spacial score (nSPS) is 13.8. The molecule has 0 saturated carbocycles. The molecule has 0 atom stereocenters. The van der Waals surface area contributed by atoms with E-state index in [1.807, 2.05) is 6.07 Å². The van der Waals surface area contributed by atoms with E-state index >= 15 is 0 Å². The maximum absolute atomic E-state index is 12.6. The van der Waals surface area contributed by atoms with Crippen LogP contribution in [0.25, 0.3) is 0 Å². The minimum atomic E-state index is -0.410. The van der Waals surface area contributed by atoms with Crippen LogP contribution >= 0.6 is 0 Å². The van der Waals surface area contributed by atoms with Crippen molar-refractivity contribution in [3.05, 3.63) is 53.7 Å². The van der Waals surface area contributed by atoms with E-state index in [1.165, 1.54) is 6.20 Å². The van der Waals surface area contributed by atoms with E-state index in [0.29, 0.717) is 55.4 Å². The first kappa shape index (κ1) is 19.3. The highest BCUT2D eigenvalue weighted by molar-refractivity contribution is 5.96. The summed E-state index contributed by atoms with van der Waals surface area (Å²) in [6, 6.07) is 10.4. The molecule has 0 aliphatic carbocycles. The van der Waals surface area contributed by atoms with Crippen LogP contribution in [-0.2, 0) is 9.53 Å². The molecular formula is C20H22N4O4. The fourth-order valence-corrected chi connectivity index (χ4v) is 2.92. The summed E-state index contributed by atoms with van der Waals surface area (Å²) in [6.07, 6.45) is 2.31. The van der Waals surface area contributed by atoms with Crippen molar-refractivity contribution in [3.8, 4) is 0 Å². The smallest absolute Gasteiger partial charge is 0.340 e. The summed E-state index contributed by atoms with van der Waals surface area (Å²) in [6.45, 7) is 4.13. The molecule has 8 nitrogen and oxygen atoms in total. The Morgan fingerprint density at radius 2 is 1.89 bits per heavy atom. The van der Waals surface area contributed by atoms with Gasteiger partial charge >= 0.3 is 5.97 Å². The van der Waals surface area contributed by atoms with Crippen LogP contribution in [0.15, 0.2) is 42.6 Å². The number of carbonyl (C=O) groups excluding carboxylic acids is 3. The minimum absolute atomic E-state index is 0.114. The highest BCUT2D eigenvalue weighted by Gasteiger charge is 2.21. The lowest BCUT2D eigenvalue weighted by atomic mass is 10.1. The number of rotatable bonds is 6. The molecule has 0 radical (unpaired) electrons. The van der Waals surface area contributed by atoms with Gasteiger partial charge in [0, 0.05) is 32.4 Å². The van der Waals surface area contributed by atoms with Crippen LogP contribution in [0, 0.1) is 0 Å². The Morgan fingerprint density at radius 1 is 1.14 bits per heavy atom. The number of hydrogen-bond donors (Lipinski definition) is 1. The zero-order valence-corrected chi connectivity index (χ0v) is 15.6. The maximum atomic E-state index is 12.6. The summed E-state index contributed by atoms with van der Waals surface area (Å²) in [5, 5.41) is 3.09. The van der Waals surface area contributed by atoms with Crippen molar-refractivity contribution in [2.75, 3.05) is 38.1 Å². The summed E-state index contributed by atoms with van der Waals surface area (Å²) in [5.74, 6) is -0.0116. The van der Waals surface area contributed by atoms with Crippen molar-refractivity contribution in [1.29, 1.82) is 0 Å². The first-order valence-corrected chi connectivity index (χ1v) is 9.10. The first-order valence-electron chi connectivity index (χ1n) is 9.10. The fraction of sp³-hybridized carbons (Fsp3) is 0.300. The number of hydrogen-bond acceptors (Lipinski definition) is 6. The second kappa shape index (κ2) is 8.98. The molecule has 2 aromatic rings. The fourth-order valence-electron chi connectivity index (χ4n) is 2.92. The summed E-state index contributed by atoms with van der Waals surface area (Å²) < 4.78 is 5.06. The Hall–Kier alpha value is -3.42. The van der Waals surface area contributed by atoms with Crippen molar-refractivity contribution < 1.29 is 19.1 Å². The number of para-hydroxylation sites is 1. The summed E-state index contributed by atoms with van der Waals surface area (Å²) in [5.41, 5.74) is 1.47. The predicted molar refractivity (Wildman–Crippen MR) is 103 cm³/mol. The number of carbonyl (C=O) groups is 3. The van der Waals surface area contributed by atoms with Crippen LogP contribution in [0.5, 0.6) is 0 Å². The lowest BCUT2D eigenvalue weighted by Crippen LogP contribution is -2.48. The molecule has 1 fully saturated rings. The highest BCUT2D eigenvalue weighted by atomic mass is 16.5. The van der Waals surface area contributed by atoms with E-state index in [9.17, 15) is 14.4 Å². The second-order valence-electron chi connectivity index (χ2n) is 6.26. The Morgan fingerprint density at radius 3 is 2.54 bits per heavy atom. The standard InChI is InChI=1S/C20H22N4O4/c1-2-28-20(27)16-5-3-4-6-17(16)22-18-8-7-15(13-21-18)19(26)24-11-9-23(14-25)10-12-24/h3-8,13-14H,2,9-12H2,1H3,(H,21,22). The van der Waals surface area contributed by atoms with E-state index < -0.39 is 5.97 Å². The molecule has 8 heteroatoms. The molecule has 0 bridgehead atoms. The van der Waals surface area contributed by atoms with Gasteiger partial charge in [-0.15, -0.1) is 0 Å². The molecule has 146 valence electrons. The summed E-state index contributed by atoms with van der Waals surface area (Å²) in [4.78, 5) is 43.1. The zero-order chi connectivity index (χ0) is 19.9. The van der Waals surface area contributed by atoms with Crippen molar-refractivity contribution in [1.82, 2.24) is 14.8 Å². The molecule has 1 aromatic heterocycles. The van der Waals surface area contributed by atoms with Gasteiger partial charge in [0.1, 0.15) is 5.82 Å². The minimum Gasteiger partial charge on any atom is -0.462 e. The van der Waals surface area contributed by atoms with Gasteiger partial charge in [0.25, 0.3) is 5.91 Å². The van der Waals surface area contributed by atoms with Gasteiger partial charge in [-0.1, -0.05) is 12.1 Å². The van der Waals surface area contributed by atoms with E-state index in [2.05, 4.69) is 10.3 Å². The number of pyridine rings is 1. The van der Waals surface area contributed by atoms with Gasteiger partial charge in [-0.25, -0.2) is 9.78 Å². The summed E-state index contributed by atoms with van der Waals surface area (Å²) in [7, 11) is 0. The third-order valence-corrected chi connectivity index (χ3v) is 4.45. The van der Waals surface area contributed by atoms with Crippen LogP contribution in [0.4, 0.5) is 11.5 Å². The van der Waals surface area contributed by atoms with Gasteiger partial charge in [-0.3, -0.25) is 9.59 Å². The van der Waals surface area contributed by atoms with Gasteiger partial charge in [0.2, 0.25) is 6.41 Å². The molecule has 1 saturated heterocycles. The summed E-state index contributed by atoms with van der Waals surface area (Å²) >= 11 is 0. The number of aromatic nitrogens is 1. The third kappa shape index (κ3) is 4.46. The van der Waals surface area contributed by atoms with Gasteiger partial charge < -0.3 is 19.9 Å². The Labute approximate surface area is 163 Å². The Balaban J connectivity index is 1.68. The first-order chi connectivity index (χ1) is 13.6. The number of nitrogens with zero attached hydrogens (tertiary/aromatic N) is 3. The molecule has 1 aliphatic heterocycles. The molecule has 28 heavy (non-hydrogen) atoms. The SMILES string of the molecule is CCOC(=O)c1ccccc1Nc1ccc(C(=O)N2CCN(C=O)CC2)cn1. The van der Waals surface area contributed by atoms with Crippen molar-refractivity contribution in [2.45, 2.75) is 6.92 Å². The number of benzene rings is 1. The van der Waals surface area contributed by atoms with Crippen molar-refractivity contribution in [3.63, 3.8) is 0 Å². The van der Waals surface area contributed by atoms with Crippen LogP contribution in [-0.4, -0.2) is 65.9 Å². The van der Waals surface area contributed by atoms with Crippen LogP contribution in [0.2, 0.25) is 0 Å². The number of piperazine rings is 1. The molecule has 1 aromatic carbocycles. The lowest BCUT2D eigenvalue weighted by Gasteiger charge is -2.32. The number of nitrogens with one attached hydrogen (secondary N) is 1. The third-order valence-electron chi connectivity index (χ3n) is 4.45. The number of ether oxygens (including phenoxy) is 1. The van der Waals surface area contributed by atoms with Crippen molar-refractivity contribution >= 4 is 29.8 Å². The zero-order valence-electron chi connectivity index (χ0n) is 15.6. The maximum Gasteiger partial charge on any atom is 0.340 e. The van der Waals surface area contributed by atoms with Crippen LogP contribution < -0.4 is 5.32 Å². The molecule has 1 aliphatic rings. The molecule has 0 spiro atoms. The number of anilines is 2. The van der Waals surface area contributed by atoms with E-state index in [0.717, 1.165) is 6.41 Å². The van der Waals surface area contributed by atoms with E-state index in [-0.39, 0.29) is 5.91 Å². The van der Waals surface area contributed by atoms with Gasteiger partial charge in [0.05, 0.1) is 23.4 Å². The number of esters is 1. The van der Waals surface area contributed by atoms with Crippen molar-refractivity contribution in [2.24, 2.45) is 0 Å². The topological polar surface area (TPSA) is 91.8 Å². The quantitative estimate of drug-likeness (QED) is 0.606. The molecule has 3 rings (SSSR count). The van der Waals surface area contributed by atoms with Gasteiger partial charge in [-0.2, -0.15) is 0 Å². The highest BCUT2D eigenvalue weighted by Crippen LogP contribution is 2.21. The molecule has 0 unspecified atom stereocenters.